The predicted octanol–water partition coefficient (Wildman–Crippen LogP) is 2.39. The summed E-state index contributed by atoms with van der Waals surface area (Å²) in [6.45, 7) is 2.75. The zero-order valence-corrected chi connectivity index (χ0v) is 13.1. The lowest BCUT2D eigenvalue weighted by atomic mass is 10.1. The van der Waals surface area contributed by atoms with Gasteiger partial charge in [0, 0.05) is 11.9 Å². The highest BCUT2D eigenvalue weighted by atomic mass is 79.9. The van der Waals surface area contributed by atoms with Crippen LogP contribution in [0.5, 0.6) is 11.5 Å². The molecule has 0 saturated heterocycles. The number of hydrogen-bond acceptors (Lipinski definition) is 3. The summed E-state index contributed by atoms with van der Waals surface area (Å²) >= 11 is 3.38. The average molecular weight is 330 g/mol. The van der Waals surface area contributed by atoms with Gasteiger partial charge in [0.25, 0.3) is 0 Å². The monoisotopic (exact) mass is 329 g/mol. The lowest BCUT2D eigenvalue weighted by Crippen LogP contribution is -2.30. The molecule has 1 unspecified atom stereocenters. The summed E-state index contributed by atoms with van der Waals surface area (Å²) in [5, 5.41) is 3.79. The van der Waals surface area contributed by atoms with Crippen molar-refractivity contribution in [3.05, 3.63) is 23.8 Å². The number of nitrogens with one attached hydrogen (secondary N) is 1. The Balaban J connectivity index is 2.59. The van der Waals surface area contributed by atoms with Crippen molar-refractivity contribution in [1.29, 1.82) is 0 Å². The SMILES string of the molecule is COc1ccc(CC(=O)NCC(C)CBr)cc1OC. The molecule has 4 nitrogen and oxygen atoms in total. The van der Waals surface area contributed by atoms with Gasteiger partial charge in [0.05, 0.1) is 20.6 Å². The third kappa shape index (κ3) is 5.11. The molecule has 0 aliphatic rings. The quantitative estimate of drug-likeness (QED) is 0.781. The van der Waals surface area contributed by atoms with E-state index in [2.05, 4.69) is 28.2 Å². The molecule has 0 aromatic heterocycles. The minimum absolute atomic E-state index is 0.0139. The molecule has 0 spiro atoms. The maximum absolute atomic E-state index is 11.8. The van der Waals surface area contributed by atoms with E-state index in [1.54, 1.807) is 14.2 Å². The third-order valence-electron chi connectivity index (χ3n) is 2.72. The van der Waals surface area contributed by atoms with Crippen LogP contribution in [0.1, 0.15) is 12.5 Å². The van der Waals surface area contributed by atoms with Crippen LogP contribution >= 0.6 is 15.9 Å². The molecule has 1 aromatic carbocycles. The minimum atomic E-state index is 0.0139. The van der Waals surface area contributed by atoms with E-state index < -0.39 is 0 Å². The van der Waals surface area contributed by atoms with Gasteiger partial charge < -0.3 is 14.8 Å². The van der Waals surface area contributed by atoms with Crippen LogP contribution in [0.4, 0.5) is 0 Å². The summed E-state index contributed by atoms with van der Waals surface area (Å²) < 4.78 is 10.4. The summed E-state index contributed by atoms with van der Waals surface area (Å²) in [7, 11) is 3.17. The average Bonchev–Trinajstić information content (AvgIpc) is 2.44. The van der Waals surface area contributed by atoms with Gasteiger partial charge in [-0.15, -0.1) is 0 Å². The topological polar surface area (TPSA) is 47.6 Å². The first-order valence-electron chi connectivity index (χ1n) is 6.14. The standard InChI is InChI=1S/C14H20BrNO3/c1-10(8-15)9-16-14(17)7-11-4-5-12(18-2)13(6-11)19-3/h4-6,10H,7-9H2,1-3H3,(H,16,17). The molecular formula is C14H20BrNO3. The highest BCUT2D eigenvalue weighted by Gasteiger charge is 2.09. The van der Waals surface area contributed by atoms with Crippen molar-refractivity contribution in [1.82, 2.24) is 5.32 Å². The number of alkyl halides is 1. The zero-order valence-electron chi connectivity index (χ0n) is 11.5. The highest BCUT2D eigenvalue weighted by Crippen LogP contribution is 2.27. The first-order chi connectivity index (χ1) is 9.10. The van der Waals surface area contributed by atoms with Crippen LogP contribution in [0.3, 0.4) is 0 Å². The van der Waals surface area contributed by atoms with Crippen LogP contribution in [0.25, 0.3) is 0 Å². The van der Waals surface area contributed by atoms with Crippen molar-refractivity contribution in [3.8, 4) is 11.5 Å². The smallest absolute Gasteiger partial charge is 0.224 e. The fourth-order valence-corrected chi connectivity index (χ4v) is 1.81. The van der Waals surface area contributed by atoms with Gasteiger partial charge in [-0.1, -0.05) is 28.9 Å². The Bertz CT molecular complexity index is 423. The molecule has 1 aromatic rings. The van der Waals surface area contributed by atoms with Crippen LogP contribution < -0.4 is 14.8 Å². The normalized spacial score (nSPS) is 11.8. The molecule has 1 amide bonds. The van der Waals surface area contributed by atoms with Crippen molar-refractivity contribution in [3.63, 3.8) is 0 Å². The summed E-state index contributed by atoms with van der Waals surface area (Å²) in [5.74, 6) is 1.75. The molecule has 0 bridgehead atoms. The maximum atomic E-state index is 11.8. The molecule has 0 aliphatic carbocycles. The number of rotatable bonds is 7. The highest BCUT2D eigenvalue weighted by molar-refractivity contribution is 9.09. The van der Waals surface area contributed by atoms with Gasteiger partial charge in [-0.05, 0) is 23.6 Å². The molecule has 1 atom stereocenters. The molecule has 19 heavy (non-hydrogen) atoms. The van der Waals surface area contributed by atoms with Crippen LogP contribution in [0.2, 0.25) is 0 Å². The van der Waals surface area contributed by atoms with E-state index in [0.717, 1.165) is 10.9 Å². The number of carbonyl (C=O) groups is 1. The van der Waals surface area contributed by atoms with Crippen molar-refractivity contribution in [2.24, 2.45) is 5.92 Å². The van der Waals surface area contributed by atoms with E-state index >= 15 is 0 Å². The van der Waals surface area contributed by atoms with E-state index in [4.69, 9.17) is 9.47 Å². The van der Waals surface area contributed by atoms with Crippen molar-refractivity contribution in [2.45, 2.75) is 13.3 Å². The molecule has 5 heteroatoms. The Hall–Kier alpha value is -1.23. The summed E-state index contributed by atoms with van der Waals surface area (Å²) in [5.41, 5.74) is 0.904. The van der Waals surface area contributed by atoms with Gasteiger partial charge in [-0.25, -0.2) is 0 Å². The van der Waals surface area contributed by atoms with Gasteiger partial charge in [0.15, 0.2) is 11.5 Å². The number of methoxy groups -OCH3 is 2. The lowest BCUT2D eigenvalue weighted by Gasteiger charge is -2.11. The van der Waals surface area contributed by atoms with Gasteiger partial charge in [0.1, 0.15) is 0 Å². The Morgan fingerprint density at radius 1 is 1.32 bits per heavy atom. The van der Waals surface area contributed by atoms with Crippen molar-refractivity contribution in [2.75, 3.05) is 26.1 Å². The molecular weight excluding hydrogens is 310 g/mol. The second-order valence-electron chi connectivity index (χ2n) is 4.43. The second-order valence-corrected chi connectivity index (χ2v) is 5.08. The van der Waals surface area contributed by atoms with Crippen LogP contribution in [-0.4, -0.2) is 32.0 Å². The number of amides is 1. The Labute approximate surface area is 122 Å². The number of hydrogen-bond donors (Lipinski definition) is 1. The zero-order chi connectivity index (χ0) is 14.3. The van der Waals surface area contributed by atoms with Crippen molar-refractivity contribution < 1.29 is 14.3 Å². The van der Waals surface area contributed by atoms with Gasteiger partial charge in [-0.3, -0.25) is 4.79 Å². The number of halogens is 1. The Morgan fingerprint density at radius 3 is 2.58 bits per heavy atom. The minimum Gasteiger partial charge on any atom is -0.493 e. The maximum Gasteiger partial charge on any atom is 0.224 e. The Morgan fingerprint density at radius 2 is 2.00 bits per heavy atom. The first-order valence-corrected chi connectivity index (χ1v) is 7.26. The molecule has 1 rings (SSSR count). The Kier molecular flexibility index (Phi) is 6.70. The number of benzene rings is 1. The summed E-state index contributed by atoms with van der Waals surface area (Å²) in [6.07, 6.45) is 0.343. The molecule has 106 valence electrons. The fourth-order valence-electron chi connectivity index (χ4n) is 1.58. The van der Waals surface area contributed by atoms with E-state index in [9.17, 15) is 4.79 Å². The fraction of sp³-hybridized carbons (Fsp3) is 0.500. The molecule has 0 heterocycles. The molecule has 0 aliphatic heterocycles. The van der Waals surface area contributed by atoms with Crippen LogP contribution in [0.15, 0.2) is 18.2 Å². The molecule has 0 fully saturated rings. The summed E-state index contributed by atoms with van der Waals surface area (Å²) in [6, 6.07) is 5.50. The van der Waals surface area contributed by atoms with Gasteiger partial charge in [0.2, 0.25) is 5.91 Å². The lowest BCUT2D eigenvalue weighted by molar-refractivity contribution is -0.120. The second kappa shape index (κ2) is 8.04. The predicted molar refractivity (Wildman–Crippen MR) is 79.2 cm³/mol. The largest absolute Gasteiger partial charge is 0.493 e. The van der Waals surface area contributed by atoms with Crippen molar-refractivity contribution >= 4 is 21.8 Å². The van der Waals surface area contributed by atoms with Crippen LogP contribution in [0, 0.1) is 5.92 Å². The third-order valence-corrected chi connectivity index (χ3v) is 3.83. The molecule has 1 N–H and O–H groups in total. The number of ether oxygens (including phenoxy) is 2. The van der Waals surface area contributed by atoms with E-state index in [-0.39, 0.29) is 5.91 Å². The van der Waals surface area contributed by atoms with Gasteiger partial charge >= 0.3 is 0 Å². The van der Waals surface area contributed by atoms with E-state index in [1.165, 1.54) is 0 Å². The van der Waals surface area contributed by atoms with E-state index in [0.29, 0.717) is 30.4 Å². The van der Waals surface area contributed by atoms with Gasteiger partial charge in [-0.2, -0.15) is 0 Å². The summed E-state index contributed by atoms with van der Waals surface area (Å²) in [4.78, 5) is 11.8. The first kappa shape index (κ1) is 15.8. The van der Waals surface area contributed by atoms with E-state index in [1.807, 2.05) is 18.2 Å². The number of carbonyl (C=O) groups excluding carboxylic acids is 1. The molecule has 0 saturated carbocycles. The van der Waals surface area contributed by atoms with Crippen LogP contribution in [-0.2, 0) is 11.2 Å². The molecule has 0 radical (unpaired) electrons.